The summed E-state index contributed by atoms with van der Waals surface area (Å²) < 4.78 is 25.7. The van der Waals surface area contributed by atoms with Gasteiger partial charge in [0.15, 0.2) is 0 Å². The Hall–Kier alpha value is -1.89. The van der Waals surface area contributed by atoms with Gasteiger partial charge in [-0.05, 0) is 19.1 Å². The van der Waals surface area contributed by atoms with Crippen LogP contribution in [0.4, 0.5) is 14.5 Å². The van der Waals surface area contributed by atoms with E-state index in [-0.39, 0.29) is 5.69 Å². The SMILES string of the molecule is Cc1ncc(C(=O)Nc2ccc(F)nc2F)s1. The number of hydrogen-bond donors (Lipinski definition) is 1. The number of amides is 1. The lowest BCUT2D eigenvalue weighted by Crippen LogP contribution is -2.12. The van der Waals surface area contributed by atoms with Gasteiger partial charge in [0.25, 0.3) is 5.91 Å². The van der Waals surface area contributed by atoms with Crippen molar-refractivity contribution in [2.75, 3.05) is 5.32 Å². The minimum Gasteiger partial charge on any atom is -0.317 e. The largest absolute Gasteiger partial charge is 0.317 e. The molecule has 0 aromatic carbocycles. The Morgan fingerprint density at radius 3 is 2.76 bits per heavy atom. The molecule has 1 amide bonds. The fourth-order valence-corrected chi connectivity index (χ4v) is 1.83. The molecule has 0 bridgehead atoms. The van der Waals surface area contributed by atoms with E-state index >= 15 is 0 Å². The fraction of sp³-hybridized carbons (Fsp3) is 0.100. The van der Waals surface area contributed by atoms with Gasteiger partial charge in [-0.25, -0.2) is 4.98 Å². The van der Waals surface area contributed by atoms with Gasteiger partial charge in [0.1, 0.15) is 4.88 Å². The van der Waals surface area contributed by atoms with Crippen LogP contribution in [0.3, 0.4) is 0 Å². The molecule has 2 aromatic heterocycles. The first-order chi connectivity index (χ1) is 8.06. The van der Waals surface area contributed by atoms with Crippen LogP contribution in [0.2, 0.25) is 0 Å². The van der Waals surface area contributed by atoms with Gasteiger partial charge in [0.05, 0.1) is 16.9 Å². The lowest BCUT2D eigenvalue weighted by molar-refractivity contribution is 0.102. The second kappa shape index (κ2) is 4.54. The molecule has 0 radical (unpaired) electrons. The Bertz CT molecular complexity index is 570. The summed E-state index contributed by atoms with van der Waals surface area (Å²) in [5.41, 5.74) is -0.164. The smallest absolute Gasteiger partial charge is 0.267 e. The second-order valence-corrected chi connectivity index (χ2v) is 4.40. The third-order valence-corrected chi connectivity index (χ3v) is 2.82. The topological polar surface area (TPSA) is 54.9 Å². The van der Waals surface area contributed by atoms with Crippen LogP contribution in [0.1, 0.15) is 14.7 Å². The first-order valence-electron chi connectivity index (χ1n) is 4.62. The summed E-state index contributed by atoms with van der Waals surface area (Å²) in [4.78, 5) is 18.9. The van der Waals surface area contributed by atoms with Crippen molar-refractivity contribution in [2.45, 2.75) is 6.92 Å². The van der Waals surface area contributed by atoms with Gasteiger partial charge in [0.2, 0.25) is 11.9 Å². The third kappa shape index (κ3) is 2.62. The quantitative estimate of drug-likeness (QED) is 0.838. The van der Waals surface area contributed by atoms with E-state index in [0.717, 1.165) is 17.1 Å². The number of anilines is 1. The highest BCUT2D eigenvalue weighted by atomic mass is 32.1. The first-order valence-corrected chi connectivity index (χ1v) is 5.44. The molecule has 0 spiro atoms. The van der Waals surface area contributed by atoms with E-state index in [4.69, 9.17) is 0 Å². The van der Waals surface area contributed by atoms with Gasteiger partial charge in [-0.1, -0.05) is 0 Å². The van der Waals surface area contributed by atoms with E-state index in [2.05, 4.69) is 15.3 Å². The Kier molecular flexibility index (Phi) is 3.10. The molecule has 88 valence electrons. The van der Waals surface area contributed by atoms with Gasteiger partial charge >= 0.3 is 0 Å². The van der Waals surface area contributed by atoms with Crippen LogP contribution in [0, 0.1) is 18.8 Å². The van der Waals surface area contributed by atoms with Crippen LogP contribution in [-0.2, 0) is 0 Å². The number of nitrogens with one attached hydrogen (secondary N) is 1. The number of nitrogens with zero attached hydrogens (tertiary/aromatic N) is 2. The van der Waals surface area contributed by atoms with E-state index in [1.54, 1.807) is 6.92 Å². The maximum Gasteiger partial charge on any atom is 0.267 e. The number of aryl methyl sites for hydroxylation is 1. The molecular formula is C10H7F2N3OS. The number of hydrogen-bond acceptors (Lipinski definition) is 4. The molecule has 0 aliphatic carbocycles. The monoisotopic (exact) mass is 255 g/mol. The maximum atomic E-state index is 13.2. The minimum absolute atomic E-state index is 0.164. The zero-order valence-corrected chi connectivity index (χ0v) is 9.52. The van der Waals surface area contributed by atoms with Crippen LogP contribution >= 0.6 is 11.3 Å². The van der Waals surface area contributed by atoms with Gasteiger partial charge in [0, 0.05) is 0 Å². The zero-order chi connectivity index (χ0) is 12.4. The Balaban J connectivity index is 2.18. The van der Waals surface area contributed by atoms with Crippen molar-refractivity contribution < 1.29 is 13.6 Å². The molecule has 0 fully saturated rings. The summed E-state index contributed by atoms with van der Waals surface area (Å²) in [6, 6.07) is 2.08. The molecule has 7 heteroatoms. The fourth-order valence-electron chi connectivity index (χ4n) is 1.16. The zero-order valence-electron chi connectivity index (χ0n) is 8.70. The number of pyridine rings is 1. The van der Waals surface area contributed by atoms with Crippen LogP contribution in [0.25, 0.3) is 0 Å². The van der Waals surface area contributed by atoms with Crippen molar-refractivity contribution in [3.63, 3.8) is 0 Å². The van der Waals surface area contributed by atoms with Crippen molar-refractivity contribution in [3.8, 4) is 0 Å². The van der Waals surface area contributed by atoms with Crippen LogP contribution in [0.15, 0.2) is 18.3 Å². The van der Waals surface area contributed by atoms with Crippen molar-refractivity contribution in [1.29, 1.82) is 0 Å². The molecule has 0 aliphatic heterocycles. The number of carbonyl (C=O) groups is 1. The number of thiazole rings is 1. The third-order valence-electron chi connectivity index (χ3n) is 1.91. The molecule has 0 saturated carbocycles. The van der Waals surface area contributed by atoms with Crippen molar-refractivity contribution in [2.24, 2.45) is 0 Å². The number of rotatable bonds is 2. The normalized spacial score (nSPS) is 10.3. The van der Waals surface area contributed by atoms with E-state index < -0.39 is 17.8 Å². The minimum atomic E-state index is -1.06. The molecule has 2 aromatic rings. The van der Waals surface area contributed by atoms with E-state index in [9.17, 15) is 13.6 Å². The molecule has 0 atom stereocenters. The molecular weight excluding hydrogens is 248 g/mol. The molecule has 1 N–H and O–H groups in total. The maximum absolute atomic E-state index is 13.2. The molecule has 2 rings (SSSR count). The van der Waals surface area contributed by atoms with Crippen molar-refractivity contribution >= 4 is 22.9 Å². The molecule has 4 nitrogen and oxygen atoms in total. The average molecular weight is 255 g/mol. The predicted molar refractivity (Wildman–Crippen MR) is 59.0 cm³/mol. The highest BCUT2D eigenvalue weighted by molar-refractivity contribution is 7.13. The lowest BCUT2D eigenvalue weighted by atomic mass is 10.4. The Morgan fingerprint density at radius 2 is 2.18 bits per heavy atom. The van der Waals surface area contributed by atoms with Gasteiger partial charge in [-0.3, -0.25) is 4.79 Å². The van der Waals surface area contributed by atoms with Crippen molar-refractivity contribution in [3.05, 3.63) is 40.1 Å². The number of halogens is 2. The molecule has 0 aliphatic rings. The molecule has 2 heterocycles. The summed E-state index contributed by atoms with van der Waals surface area (Å²) in [6.45, 7) is 1.75. The highest BCUT2D eigenvalue weighted by Gasteiger charge is 2.12. The first kappa shape index (κ1) is 11.6. The standard InChI is InChI=1S/C10H7F2N3OS/c1-5-13-4-7(17-5)10(16)14-6-2-3-8(11)15-9(6)12/h2-4H,1H3,(H,14,16). The number of aromatic nitrogens is 2. The summed E-state index contributed by atoms with van der Waals surface area (Å²) in [6.07, 6.45) is 1.39. The van der Waals surface area contributed by atoms with Crippen LogP contribution < -0.4 is 5.32 Å². The summed E-state index contributed by atoms with van der Waals surface area (Å²) in [7, 11) is 0. The Morgan fingerprint density at radius 1 is 1.41 bits per heavy atom. The summed E-state index contributed by atoms with van der Waals surface area (Å²) in [5.74, 6) is -2.49. The number of carbonyl (C=O) groups excluding carboxylic acids is 1. The van der Waals surface area contributed by atoms with Crippen LogP contribution in [0.5, 0.6) is 0 Å². The average Bonchev–Trinajstić information content (AvgIpc) is 2.69. The van der Waals surface area contributed by atoms with Gasteiger partial charge in [-0.15, -0.1) is 11.3 Å². The van der Waals surface area contributed by atoms with E-state index in [1.807, 2.05) is 0 Å². The lowest BCUT2D eigenvalue weighted by Gasteiger charge is -2.03. The summed E-state index contributed by atoms with van der Waals surface area (Å²) in [5, 5.41) is 3.02. The molecule has 0 saturated heterocycles. The highest BCUT2D eigenvalue weighted by Crippen LogP contribution is 2.16. The molecule has 17 heavy (non-hydrogen) atoms. The Labute approximate surface area is 99.3 Å². The predicted octanol–water partition coefficient (Wildman–Crippen LogP) is 2.38. The van der Waals surface area contributed by atoms with Gasteiger partial charge < -0.3 is 5.32 Å². The second-order valence-electron chi connectivity index (χ2n) is 3.17. The molecule has 0 unspecified atom stereocenters. The van der Waals surface area contributed by atoms with E-state index in [1.165, 1.54) is 17.5 Å². The van der Waals surface area contributed by atoms with Crippen molar-refractivity contribution in [1.82, 2.24) is 9.97 Å². The van der Waals surface area contributed by atoms with E-state index in [0.29, 0.717) is 4.88 Å². The van der Waals surface area contributed by atoms with Gasteiger partial charge in [-0.2, -0.15) is 13.8 Å². The summed E-state index contributed by atoms with van der Waals surface area (Å²) >= 11 is 1.18. The van der Waals surface area contributed by atoms with Crippen LogP contribution in [-0.4, -0.2) is 15.9 Å².